The Balaban J connectivity index is 1.78. The lowest BCUT2D eigenvalue weighted by Crippen LogP contribution is -2.28. The molecule has 31 heavy (non-hydrogen) atoms. The van der Waals surface area contributed by atoms with Crippen LogP contribution in [-0.2, 0) is 11.4 Å². The van der Waals surface area contributed by atoms with Crippen molar-refractivity contribution in [3.8, 4) is 11.5 Å². The van der Waals surface area contributed by atoms with Crippen molar-refractivity contribution < 1.29 is 19.2 Å². The van der Waals surface area contributed by atoms with Gasteiger partial charge in [0.1, 0.15) is 6.61 Å². The van der Waals surface area contributed by atoms with Crippen molar-refractivity contribution in [1.82, 2.24) is 4.90 Å². The second-order valence-electron chi connectivity index (χ2n) is 6.54. The van der Waals surface area contributed by atoms with Gasteiger partial charge in [-0.3, -0.25) is 24.8 Å². The minimum atomic E-state index is -0.439. The number of rotatable bonds is 8. The number of non-ortho nitro benzene ring substituents is 1. The van der Waals surface area contributed by atoms with Crippen LogP contribution in [0.2, 0.25) is 0 Å². The van der Waals surface area contributed by atoms with Crippen LogP contribution in [0, 0.1) is 10.1 Å². The average Bonchev–Trinajstić information content (AvgIpc) is 3.07. The fraction of sp³-hybridized carbons (Fsp3) is 0.273. The molecule has 3 rings (SSSR count). The Morgan fingerprint density at radius 3 is 2.68 bits per heavy atom. The van der Waals surface area contributed by atoms with Crippen LogP contribution in [0.3, 0.4) is 0 Å². The highest BCUT2D eigenvalue weighted by atomic mass is 32.2. The molecule has 0 N–H and O–H groups in total. The molecule has 2 aromatic rings. The van der Waals surface area contributed by atoms with Crippen molar-refractivity contribution in [1.29, 1.82) is 0 Å². The third kappa shape index (κ3) is 5.24. The van der Waals surface area contributed by atoms with Gasteiger partial charge in [-0.2, -0.15) is 0 Å². The number of ether oxygens (including phenoxy) is 2. The van der Waals surface area contributed by atoms with Gasteiger partial charge in [-0.15, -0.1) is 0 Å². The Hall–Kier alpha value is -3.33. The summed E-state index contributed by atoms with van der Waals surface area (Å²) in [6, 6.07) is 11.7. The van der Waals surface area contributed by atoms with E-state index in [2.05, 4.69) is 4.99 Å². The molecule has 0 aliphatic carbocycles. The molecule has 1 aliphatic rings. The van der Waals surface area contributed by atoms with Crippen molar-refractivity contribution in [3.63, 3.8) is 0 Å². The number of hydrogen-bond donors (Lipinski definition) is 0. The second kappa shape index (κ2) is 10.1. The fourth-order valence-electron chi connectivity index (χ4n) is 3.01. The summed E-state index contributed by atoms with van der Waals surface area (Å²) in [5.74, 6) is 0.944. The number of carbonyl (C=O) groups is 1. The molecule has 1 fully saturated rings. The third-order valence-electron chi connectivity index (χ3n) is 4.50. The number of likely N-dealkylation sites (N-methyl/N-ethyl adjacent to an activating group) is 1. The van der Waals surface area contributed by atoms with Crippen LogP contribution in [0.1, 0.15) is 25.0 Å². The molecule has 0 spiro atoms. The molecule has 0 unspecified atom stereocenters. The molecule has 0 saturated carbocycles. The van der Waals surface area contributed by atoms with Crippen LogP contribution >= 0.6 is 11.8 Å². The number of hydrogen-bond acceptors (Lipinski definition) is 7. The van der Waals surface area contributed by atoms with E-state index in [1.54, 1.807) is 35.2 Å². The molecule has 2 aromatic carbocycles. The van der Waals surface area contributed by atoms with E-state index in [9.17, 15) is 14.9 Å². The highest BCUT2D eigenvalue weighted by molar-refractivity contribution is 8.18. The van der Waals surface area contributed by atoms with Gasteiger partial charge >= 0.3 is 0 Å². The zero-order valence-corrected chi connectivity index (χ0v) is 18.3. The van der Waals surface area contributed by atoms with Crippen molar-refractivity contribution >= 4 is 34.6 Å². The molecular weight excluding hydrogens is 418 g/mol. The van der Waals surface area contributed by atoms with Gasteiger partial charge in [-0.25, -0.2) is 0 Å². The Morgan fingerprint density at radius 2 is 2.00 bits per heavy atom. The number of methoxy groups -OCH3 is 1. The van der Waals surface area contributed by atoms with Gasteiger partial charge in [-0.1, -0.05) is 18.2 Å². The van der Waals surface area contributed by atoms with Gasteiger partial charge in [-0.05, 0) is 54.9 Å². The maximum absolute atomic E-state index is 12.6. The number of nitro groups is 1. The van der Waals surface area contributed by atoms with E-state index < -0.39 is 4.92 Å². The molecule has 8 nitrogen and oxygen atoms in total. The van der Waals surface area contributed by atoms with Crippen molar-refractivity contribution in [2.45, 2.75) is 20.5 Å². The van der Waals surface area contributed by atoms with Crippen molar-refractivity contribution in [2.75, 3.05) is 20.2 Å². The Morgan fingerprint density at radius 1 is 1.19 bits per heavy atom. The van der Waals surface area contributed by atoms with Gasteiger partial charge in [0.15, 0.2) is 16.7 Å². The zero-order chi connectivity index (χ0) is 22.4. The van der Waals surface area contributed by atoms with Gasteiger partial charge in [0, 0.05) is 25.2 Å². The van der Waals surface area contributed by atoms with E-state index in [0.29, 0.717) is 40.2 Å². The maximum atomic E-state index is 12.6. The number of amides is 1. The highest BCUT2D eigenvalue weighted by Crippen LogP contribution is 2.35. The fourth-order valence-corrected chi connectivity index (χ4v) is 4.11. The first-order valence-electron chi connectivity index (χ1n) is 9.76. The first kappa shape index (κ1) is 22.4. The van der Waals surface area contributed by atoms with E-state index in [0.717, 1.165) is 5.56 Å². The molecule has 0 bridgehead atoms. The first-order chi connectivity index (χ1) is 15.0. The summed E-state index contributed by atoms with van der Waals surface area (Å²) >= 11 is 1.36. The summed E-state index contributed by atoms with van der Waals surface area (Å²) in [7, 11) is 1.53. The quantitative estimate of drug-likeness (QED) is 0.340. The van der Waals surface area contributed by atoms with E-state index in [4.69, 9.17) is 9.47 Å². The van der Waals surface area contributed by atoms with Gasteiger partial charge in [0.25, 0.3) is 11.6 Å². The molecule has 1 aliphatic heterocycles. The van der Waals surface area contributed by atoms with E-state index >= 15 is 0 Å². The van der Waals surface area contributed by atoms with Crippen molar-refractivity contribution in [2.24, 2.45) is 4.99 Å². The van der Waals surface area contributed by atoms with Crippen LogP contribution in [0.4, 0.5) is 5.69 Å². The molecule has 0 radical (unpaired) electrons. The molecule has 1 amide bonds. The topological polar surface area (TPSA) is 94.3 Å². The number of carbonyl (C=O) groups excluding carboxylic acids is 1. The second-order valence-corrected chi connectivity index (χ2v) is 7.55. The maximum Gasteiger partial charge on any atom is 0.269 e. The lowest BCUT2D eigenvalue weighted by molar-refractivity contribution is -0.384. The normalized spacial score (nSPS) is 16.2. The lowest BCUT2D eigenvalue weighted by Gasteiger charge is -2.12. The molecule has 0 aromatic heterocycles. The summed E-state index contributed by atoms with van der Waals surface area (Å²) in [6.07, 6.45) is 1.81. The molecule has 9 heteroatoms. The Labute approximate surface area is 184 Å². The van der Waals surface area contributed by atoms with Crippen LogP contribution in [0.5, 0.6) is 11.5 Å². The number of nitro benzene ring substituents is 1. The summed E-state index contributed by atoms with van der Waals surface area (Å²) in [5.41, 5.74) is 1.49. The van der Waals surface area contributed by atoms with Gasteiger partial charge < -0.3 is 9.47 Å². The number of aliphatic imine (C=N–C) groups is 1. The molecule has 1 saturated heterocycles. The SMILES string of the molecule is CCN=C1S/C(=C/c2ccc(OCc3cccc([N+](=O)[O-])c3)c(OC)c2)C(=O)N1CC. The monoisotopic (exact) mass is 441 g/mol. The Bertz CT molecular complexity index is 1050. The standard InChI is InChI=1S/C22H23N3O5S/c1-4-23-22-24(5-2)21(26)20(31-22)13-15-9-10-18(19(12-15)29-3)30-14-16-7-6-8-17(11-16)25(27)28/h6-13H,4-5,14H2,1-3H3/b20-13+,23-22?. The first-order valence-corrected chi connectivity index (χ1v) is 10.6. The van der Waals surface area contributed by atoms with Crippen LogP contribution < -0.4 is 9.47 Å². The molecule has 162 valence electrons. The summed E-state index contributed by atoms with van der Waals surface area (Å²) in [5, 5.41) is 11.6. The molecular formula is C22H23N3O5S. The zero-order valence-electron chi connectivity index (χ0n) is 17.5. The highest BCUT2D eigenvalue weighted by Gasteiger charge is 2.31. The van der Waals surface area contributed by atoms with Crippen LogP contribution in [0.25, 0.3) is 6.08 Å². The van der Waals surface area contributed by atoms with Crippen LogP contribution in [-0.4, -0.2) is 41.1 Å². The van der Waals surface area contributed by atoms with E-state index in [-0.39, 0.29) is 18.2 Å². The van der Waals surface area contributed by atoms with E-state index in [1.165, 1.54) is 31.0 Å². The van der Waals surface area contributed by atoms with Gasteiger partial charge in [0.2, 0.25) is 0 Å². The lowest BCUT2D eigenvalue weighted by atomic mass is 10.1. The predicted octanol–water partition coefficient (Wildman–Crippen LogP) is 4.49. The average molecular weight is 442 g/mol. The number of benzene rings is 2. The van der Waals surface area contributed by atoms with Crippen molar-refractivity contribution in [3.05, 3.63) is 68.6 Å². The van der Waals surface area contributed by atoms with Gasteiger partial charge in [0.05, 0.1) is 16.9 Å². The summed E-state index contributed by atoms with van der Waals surface area (Å²) in [4.78, 5) is 29.8. The minimum Gasteiger partial charge on any atom is -0.493 e. The predicted molar refractivity (Wildman–Crippen MR) is 121 cm³/mol. The summed E-state index contributed by atoms with van der Waals surface area (Å²) < 4.78 is 11.3. The number of amidine groups is 1. The molecule has 0 atom stereocenters. The van der Waals surface area contributed by atoms with Crippen LogP contribution in [0.15, 0.2) is 52.4 Å². The smallest absolute Gasteiger partial charge is 0.269 e. The number of nitrogens with zero attached hydrogens (tertiary/aromatic N) is 3. The Kier molecular flexibility index (Phi) is 7.30. The minimum absolute atomic E-state index is 0.0147. The largest absolute Gasteiger partial charge is 0.493 e. The third-order valence-corrected chi connectivity index (χ3v) is 5.54. The summed E-state index contributed by atoms with van der Waals surface area (Å²) in [6.45, 7) is 5.20. The number of thioether (sulfide) groups is 1. The van der Waals surface area contributed by atoms with E-state index in [1.807, 2.05) is 19.9 Å². The molecule has 1 heterocycles.